The number of carbonyl (C=O) groups is 2. The summed E-state index contributed by atoms with van der Waals surface area (Å²) in [6.07, 6.45) is 3.35. The highest BCUT2D eigenvalue weighted by Crippen LogP contribution is 2.28. The van der Waals surface area contributed by atoms with Gasteiger partial charge in [-0.1, -0.05) is 17.4 Å². The second-order valence-electron chi connectivity index (χ2n) is 5.99. The van der Waals surface area contributed by atoms with E-state index in [0.29, 0.717) is 15.6 Å². The SMILES string of the molecule is O=C(Nc1nc2ccc(C(=O)N3CCCCC3)cc2s1)c1cccs1. The first-order chi connectivity index (χ1) is 12.2. The number of rotatable bonds is 3. The van der Waals surface area contributed by atoms with Gasteiger partial charge in [0.05, 0.1) is 15.1 Å². The van der Waals surface area contributed by atoms with E-state index in [1.807, 2.05) is 34.5 Å². The number of benzene rings is 1. The number of piperidine rings is 1. The number of carbonyl (C=O) groups excluding carboxylic acids is 2. The lowest BCUT2D eigenvalue weighted by Crippen LogP contribution is -2.35. The average molecular weight is 371 g/mol. The van der Waals surface area contributed by atoms with Crippen LogP contribution in [-0.2, 0) is 0 Å². The number of anilines is 1. The van der Waals surface area contributed by atoms with Gasteiger partial charge in [-0.05, 0) is 48.9 Å². The van der Waals surface area contributed by atoms with Crippen molar-refractivity contribution < 1.29 is 9.59 Å². The Morgan fingerprint density at radius 1 is 1.12 bits per heavy atom. The molecule has 0 radical (unpaired) electrons. The van der Waals surface area contributed by atoms with E-state index in [9.17, 15) is 9.59 Å². The number of thiophene rings is 1. The van der Waals surface area contributed by atoms with Gasteiger partial charge in [0.2, 0.25) is 0 Å². The molecule has 4 rings (SSSR count). The normalized spacial score (nSPS) is 14.6. The largest absolute Gasteiger partial charge is 0.339 e. The predicted molar refractivity (Wildman–Crippen MR) is 102 cm³/mol. The van der Waals surface area contributed by atoms with Crippen molar-refractivity contribution in [1.29, 1.82) is 0 Å². The number of hydrogen-bond donors (Lipinski definition) is 1. The molecule has 3 heterocycles. The number of nitrogens with zero attached hydrogens (tertiary/aromatic N) is 2. The summed E-state index contributed by atoms with van der Waals surface area (Å²) in [5, 5.41) is 5.25. The van der Waals surface area contributed by atoms with E-state index in [0.717, 1.165) is 36.1 Å². The molecule has 0 unspecified atom stereocenters. The van der Waals surface area contributed by atoms with Crippen LogP contribution in [0.4, 0.5) is 5.13 Å². The third-order valence-corrected chi connectivity index (χ3v) is 6.05. The van der Waals surface area contributed by atoms with Gasteiger partial charge >= 0.3 is 0 Å². The van der Waals surface area contributed by atoms with Gasteiger partial charge in [-0.25, -0.2) is 4.98 Å². The number of fused-ring (bicyclic) bond motifs is 1. The minimum absolute atomic E-state index is 0.0826. The molecule has 5 nitrogen and oxygen atoms in total. The van der Waals surface area contributed by atoms with Gasteiger partial charge in [0, 0.05) is 18.7 Å². The number of thiazole rings is 1. The van der Waals surface area contributed by atoms with Crippen molar-refractivity contribution in [2.45, 2.75) is 19.3 Å². The summed E-state index contributed by atoms with van der Waals surface area (Å²) >= 11 is 2.79. The van der Waals surface area contributed by atoms with Crippen LogP contribution in [0.15, 0.2) is 35.7 Å². The molecule has 3 aromatic rings. The summed E-state index contributed by atoms with van der Waals surface area (Å²) in [5.41, 5.74) is 1.48. The molecule has 7 heteroatoms. The van der Waals surface area contributed by atoms with Gasteiger partial charge < -0.3 is 4.90 Å². The molecule has 0 spiro atoms. The van der Waals surface area contributed by atoms with Crippen molar-refractivity contribution in [1.82, 2.24) is 9.88 Å². The maximum Gasteiger partial charge on any atom is 0.267 e. The van der Waals surface area contributed by atoms with Crippen LogP contribution in [0.1, 0.15) is 39.3 Å². The second kappa shape index (κ2) is 6.93. The fraction of sp³-hybridized carbons (Fsp3) is 0.278. The average Bonchev–Trinajstić information content (AvgIpc) is 3.30. The Bertz CT molecular complexity index is 912. The number of amides is 2. The lowest BCUT2D eigenvalue weighted by Gasteiger charge is -2.26. The monoisotopic (exact) mass is 371 g/mol. The van der Waals surface area contributed by atoms with Crippen LogP contribution < -0.4 is 5.32 Å². The van der Waals surface area contributed by atoms with Crippen molar-refractivity contribution in [3.8, 4) is 0 Å². The molecule has 1 aliphatic heterocycles. The molecule has 128 valence electrons. The first-order valence-corrected chi connectivity index (χ1v) is 9.95. The van der Waals surface area contributed by atoms with Gasteiger partial charge in [0.1, 0.15) is 0 Å². The Hall–Kier alpha value is -2.25. The molecule has 0 saturated carbocycles. The molecule has 2 amide bonds. The maximum absolute atomic E-state index is 12.6. The third-order valence-electron chi connectivity index (χ3n) is 4.24. The fourth-order valence-electron chi connectivity index (χ4n) is 2.96. The van der Waals surface area contributed by atoms with Crippen LogP contribution in [0.3, 0.4) is 0 Å². The Morgan fingerprint density at radius 3 is 2.72 bits per heavy atom. The second-order valence-corrected chi connectivity index (χ2v) is 7.96. The highest BCUT2D eigenvalue weighted by Gasteiger charge is 2.19. The van der Waals surface area contributed by atoms with Gasteiger partial charge in [-0.3, -0.25) is 14.9 Å². The standard InChI is InChI=1S/C18H17N3O2S2/c22-16(14-5-4-10-24-14)20-18-19-13-7-6-12(11-15(13)25-18)17(23)21-8-2-1-3-9-21/h4-7,10-11H,1-3,8-9H2,(H,19,20,22). The molecule has 0 bridgehead atoms. The highest BCUT2D eigenvalue weighted by atomic mass is 32.1. The molecular weight excluding hydrogens is 354 g/mol. The first kappa shape index (κ1) is 16.2. The topological polar surface area (TPSA) is 62.3 Å². The molecule has 1 fully saturated rings. The molecule has 0 aliphatic carbocycles. The van der Waals surface area contributed by atoms with E-state index in [1.54, 1.807) is 6.07 Å². The molecule has 2 aromatic heterocycles. The van der Waals surface area contributed by atoms with Gasteiger partial charge in [0.25, 0.3) is 11.8 Å². The summed E-state index contributed by atoms with van der Waals surface area (Å²) in [5.74, 6) is -0.0714. The molecule has 1 aromatic carbocycles. The molecule has 25 heavy (non-hydrogen) atoms. The summed E-state index contributed by atoms with van der Waals surface area (Å²) in [4.78, 5) is 31.8. The van der Waals surface area contributed by atoms with E-state index < -0.39 is 0 Å². The van der Waals surface area contributed by atoms with Crippen molar-refractivity contribution in [2.75, 3.05) is 18.4 Å². The molecule has 1 saturated heterocycles. The van der Waals surface area contributed by atoms with E-state index in [4.69, 9.17) is 0 Å². The zero-order chi connectivity index (χ0) is 17.2. The van der Waals surface area contributed by atoms with E-state index in [2.05, 4.69) is 10.3 Å². The number of aromatic nitrogens is 1. The zero-order valence-corrected chi connectivity index (χ0v) is 15.2. The Labute approximate surface area is 153 Å². The van der Waals surface area contributed by atoms with Crippen molar-refractivity contribution >= 4 is 49.8 Å². The van der Waals surface area contributed by atoms with E-state index in [1.165, 1.54) is 29.1 Å². The quantitative estimate of drug-likeness (QED) is 0.749. The van der Waals surface area contributed by atoms with Crippen LogP contribution >= 0.6 is 22.7 Å². The maximum atomic E-state index is 12.6. The lowest BCUT2D eigenvalue weighted by atomic mass is 10.1. The minimum atomic E-state index is -0.154. The summed E-state index contributed by atoms with van der Waals surface area (Å²) in [6.45, 7) is 1.67. The van der Waals surface area contributed by atoms with Crippen molar-refractivity contribution in [3.05, 3.63) is 46.2 Å². The van der Waals surface area contributed by atoms with E-state index in [-0.39, 0.29) is 11.8 Å². The van der Waals surface area contributed by atoms with Crippen LogP contribution in [0.2, 0.25) is 0 Å². The van der Waals surface area contributed by atoms with Crippen molar-refractivity contribution in [3.63, 3.8) is 0 Å². The zero-order valence-electron chi connectivity index (χ0n) is 13.5. The summed E-state index contributed by atoms with van der Waals surface area (Å²) < 4.78 is 0.907. The van der Waals surface area contributed by atoms with Crippen molar-refractivity contribution in [2.24, 2.45) is 0 Å². The number of hydrogen-bond acceptors (Lipinski definition) is 5. The smallest absolute Gasteiger partial charge is 0.267 e. The van der Waals surface area contributed by atoms with Crippen LogP contribution in [0, 0.1) is 0 Å². The summed E-state index contributed by atoms with van der Waals surface area (Å²) in [7, 11) is 0. The predicted octanol–water partition coefficient (Wildman–Crippen LogP) is 4.24. The highest BCUT2D eigenvalue weighted by molar-refractivity contribution is 7.22. The number of likely N-dealkylation sites (tertiary alicyclic amines) is 1. The third kappa shape index (κ3) is 3.43. The fourth-order valence-corrected chi connectivity index (χ4v) is 4.48. The van der Waals surface area contributed by atoms with Gasteiger partial charge in [0.15, 0.2) is 5.13 Å². The number of nitrogens with one attached hydrogen (secondary N) is 1. The van der Waals surface area contributed by atoms with E-state index >= 15 is 0 Å². The van der Waals surface area contributed by atoms with Crippen LogP contribution in [0.25, 0.3) is 10.2 Å². The lowest BCUT2D eigenvalue weighted by molar-refractivity contribution is 0.0724. The molecular formula is C18H17N3O2S2. The van der Waals surface area contributed by atoms with Crippen LogP contribution in [-0.4, -0.2) is 34.8 Å². The Morgan fingerprint density at radius 2 is 1.96 bits per heavy atom. The summed E-state index contributed by atoms with van der Waals surface area (Å²) in [6, 6.07) is 9.18. The van der Waals surface area contributed by atoms with Gasteiger partial charge in [-0.2, -0.15) is 0 Å². The van der Waals surface area contributed by atoms with Gasteiger partial charge in [-0.15, -0.1) is 11.3 Å². The first-order valence-electron chi connectivity index (χ1n) is 8.25. The minimum Gasteiger partial charge on any atom is -0.339 e. The Balaban J connectivity index is 1.54. The molecule has 1 N–H and O–H groups in total. The molecule has 0 atom stereocenters. The molecule has 1 aliphatic rings. The van der Waals surface area contributed by atoms with Crippen LogP contribution in [0.5, 0.6) is 0 Å². The Kier molecular flexibility index (Phi) is 4.50.